The third-order valence-electron chi connectivity index (χ3n) is 13.3. The molecule has 0 unspecified atom stereocenters. The van der Waals surface area contributed by atoms with Gasteiger partial charge in [0.2, 0.25) is 0 Å². The molecule has 3 heteroatoms. The molecule has 0 spiro atoms. The van der Waals surface area contributed by atoms with Crippen LogP contribution in [-0.2, 0) is 5.41 Å². The number of nitrogens with zero attached hydrogens (tertiary/aromatic N) is 2. The SMILES string of the molecule is CC1(C)c2cc(-c3cccc4c5cccc6c7ccccc7n(c34)c65)ccc2-c2ccc(N(c3ccc(-c4ccccc4)cc3)c3ccc4oc5ccccc5c4c3)cc21. The van der Waals surface area contributed by atoms with Crippen LogP contribution < -0.4 is 4.90 Å². The first-order chi connectivity index (χ1) is 29.5. The molecule has 0 saturated heterocycles. The van der Waals surface area contributed by atoms with Crippen molar-refractivity contribution in [1.82, 2.24) is 4.40 Å². The van der Waals surface area contributed by atoms with Crippen molar-refractivity contribution in [3.8, 4) is 33.4 Å². The van der Waals surface area contributed by atoms with Crippen LogP contribution in [-0.4, -0.2) is 4.40 Å². The van der Waals surface area contributed by atoms with Crippen LogP contribution in [0.1, 0.15) is 25.0 Å². The van der Waals surface area contributed by atoms with Gasteiger partial charge in [0.1, 0.15) is 11.2 Å². The van der Waals surface area contributed by atoms with Crippen molar-refractivity contribution in [2.24, 2.45) is 0 Å². The van der Waals surface area contributed by atoms with Crippen molar-refractivity contribution in [3.05, 3.63) is 205 Å². The highest BCUT2D eigenvalue weighted by molar-refractivity contribution is 6.25. The lowest BCUT2D eigenvalue weighted by Crippen LogP contribution is -2.16. The number of anilines is 3. The Bertz CT molecular complexity index is 3680. The number of benzene rings is 9. The lowest BCUT2D eigenvalue weighted by Gasteiger charge is -2.28. The van der Waals surface area contributed by atoms with Crippen LogP contribution in [0.4, 0.5) is 17.1 Å². The maximum Gasteiger partial charge on any atom is 0.135 e. The molecule has 60 heavy (non-hydrogen) atoms. The van der Waals surface area contributed by atoms with E-state index in [2.05, 4.69) is 205 Å². The van der Waals surface area contributed by atoms with E-state index in [0.29, 0.717) is 0 Å². The minimum absolute atomic E-state index is 0.238. The first-order valence-electron chi connectivity index (χ1n) is 20.8. The van der Waals surface area contributed by atoms with Gasteiger partial charge in [0.15, 0.2) is 0 Å². The number of furan rings is 1. The van der Waals surface area contributed by atoms with Gasteiger partial charge >= 0.3 is 0 Å². The van der Waals surface area contributed by atoms with Crippen LogP contribution in [0, 0.1) is 0 Å². The van der Waals surface area contributed by atoms with Crippen molar-refractivity contribution >= 4 is 77.1 Å². The standard InChI is InChI=1S/C57H38N2O/c1-57(2)50-32-37(41-16-10-18-47-48-19-11-17-46-44-14-6-8-20-52(44)59(55(41)47)56(46)48)24-29-42(50)43-30-27-40(34-51(43)57)58(38-25-22-36(23-26-38)35-12-4-3-5-13-35)39-28-31-54-49(33-39)45-15-7-9-21-53(45)60-54/h3-34H,1-2H3. The van der Waals surface area contributed by atoms with E-state index in [1.165, 1.54) is 82.6 Å². The fourth-order valence-electron chi connectivity index (χ4n) is 10.5. The van der Waals surface area contributed by atoms with Crippen LogP contribution >= 0.6 is 0 Å². The van der Waals surface area contributed by atoms with Crippen LogP contribution in [0.25, 0.3) is 93.4 Å². The highest BCUT2D eigenvalue weighted by atomic mass is 16.3. The Hall–Kier alpha value is -7.62. The number of aromatic nitrogens is 1. The van der Waals surface area contributed by atoms with Crippen LogP contribution in [0.3, 0.4) is 0 Å². The molecule has 282 valence electrons. The molecule has 0 atom stereocenters. The Morgan fingerprint density at radius 1 is 0.383 bits per heavy atom. The second-order valence-electron chi connectivity index (χ2n) is 16.9. The van der Waals surface area contributed by atoms with E-state index in [0.717, 1.165) is 39.0 Å². The highest BCUT2D eigenvalue weighted by Crippen LogP contribution is 2.52. The normalized spacial score (nSPS) is 13.3. The maximum absolute atomic E-state index is 6.28. The van der Waals surface area contributed by atoms with Gasteiger partial charge in [-0.2, -0.15) is 0 Å². The quantitative estimate of drug-likeness (QED) is 0.174. The molecule has 9 aromatic carbocycles. The number of rotatable bonds is 5. The van der Waals surface area contributed by atoms with Crippen molar-refractivity contribution in [2.45, 2.75) is 19.3 Å². The van der Waals surface area contributed by atoms with Gasteiger partial charge in [-0.05, 0) is 99.6 Å². The van der Waals surface area contributed by atoms with Gasteiger partial charge in [0, 0.05) is 60.4 Å². The molecule has 1 aliphatic rings. The summed E-state index contributed by atoms with van der Waals surface area (Å²) in [5, 5.41) is 7.45. The van der Waals surface area contributed by atoms with Gasteiger partial charge in [-0.1, -0.05) is 147 Å². The molecule has 0 N–H and O–H groups in total. The predicted molar refractivity (Wildman–Crippen MR) is 251 cm³/mol. The largest absolute Gasteiger partial charge is 0.456 e. The lowest BCUT2D eigenvalue weighted by molar-refractivity contribution is 0.660. The second-order valence-corrected chi connectivity index (χ2v) is 16.9. The highest BCUT2D eigenvalue weighted by Gasteiger charge is 2.36. The summed E-state index contributed by atoms with van der Waals surface area (Å²) in [4.78, 5) is 2.40. The first-order valence-corrected chi connectivity index (χ1v) is 20.8. The Morgan fingerprint density at radius 2 is 0.950 bits per heavy atom. The van der Waals surface area contributed by atoms with E-state index in [-0.39, 0.29) is 5.41 Å². The van der Waals surface area contributed by atoms with Crippen molar-refractivity contribution in [3.63, 3.8) is 0 Å². The number of para-hydroxylation sites is 4. The molecule has 0 radical (unpaired) electrons. The zero-order valence-electron chi connectivity index (χ0n) is 33.3. The molecule has 13 rings (SSSR count). The summed E-state index contributed by atoms with van der Waals surface area (Å²) in [6.07, 6.45) is 0. The summed E-state index contributed by atoms with van der Waals surface area (Å²) in [7, 11) is 0. The fraction of sp³-hybridized carbons (Fsp3) is 0.0526. The molecule has 3 aromatic heterocycles. The summed E-state index contributed by atoms with van der Waals surface area (Å²) >= 11 is 0. The number of fused-ring (bicyclic) bond motifs is 12. The summed E-state index contributed by atoms with van der Waals surface area (Å²) in [5.41, 5.74) is 18.9. The van der Waals surface area contributed by atoms with Crippen LogP contribution in [0.15, 0.2) is 199 Å². The molecular formula is C57H38N2O. The van der Waals surface area contributed by atoms with Crippen molar-refractivity contribution < 1.29 is 4.42 Å². The average Bonchev–Trinajstić information content (AvgIpc) is 4.01. The average molecular weight is 767 g/mol. The predicted octanol–water partition coefficient (Wildman–Crippen LogP) is 15.8. The molecule has 1 aliphatic carbocycles. The Kier molecular flexibility index (Phi) is 6.78. The van der Waals surface area contributed by atoms with Gasteiger partial charge < -0.3 is 13.7 Å². The van der Waals surface area contributed by atoms with Gasteiger partial charge in [0.25, 0.3) is 0 Å². The molecule has 0 saturated carbocycles. The third-order valence-corrected chi connectivity index (χ3v) is 13.3. The Labute approximate surface area is 347 Å². The molecule has 12 aromatic rings. The van der Waals surface area contributed by atoms with Crippen LogP contribution in [0.2, 0.25) is 0 Å². The van der Waals surface area contributed by atoms with Crippen LogP contribution in [0.5, 0.6) is 0 Å². The van der Waals surface area contributed by atoms with E-state index < -0.39 is 0 Å². The summed E-state index contributed by atoms with van der Waals surface area (Å²) in [6, 6.07) is 71.1. The molecular weight excluding hydrogens is 729 g/mol. The molecule has 0 bridgehead atoms. The zero-order valence-corrected chi connectivity index (χ0v) is 33.3. The van der Waals surface area contributed by atoms with E-state index in [9.17, 15) is 0 Å². The number of hydrogen-bond donors (Lipinski definition) is 0. The Morgan fingerprint density at radius 3 is 1.78 bits per heavy atom. The number of hydrogen-bond acceptors (Lipinski definition) is 2. The van der Waals surface area contributed by atoms with Crippen molar-refractivity contribution in [1.29, 1.82) is 0 Å². The third kappa shape index (κ3) is 4.60. The monoisotopic (exact) mass is 766 g/mol. The Balaban J connectivity index is 0.958. The van der Waals surface area contributed by atoms with Gasteiger partial charge in [-0.25, -0.2) is 0 Å². The fourth-order valence-corrected chi connectivity index (χ4v) is 10.5. The molecule has 3 heterocycles. The molecule has 0 amide bonds. The van der Waals surface area contributed by atoms with E-state index in [1.54, 1.807) is 0 Å². The zero-order chi connectivity index (χ0) is 39.7. The van der Waals surface area contributed by atoms with E-state index in [1.807, 2.05) is 12.1 Å². The second kappa shape index (κ2) is 12.2. The minimum atomic E-state index is -0.238. The van der Waals surface area contributed by atoms with Gasteiger partial charge in [0.05, 0.1) is 16.6 Å². The topological polar surface area (TPSA) is 20.8 Å². The van der Waals surface area contributed by atoms with Crippen molar-refractivity contribution in [2.75, 3.05) is 4.90 Å². The minimum Gasteiger partial charge on any atom is -0.456 e. The molecule has 0 aliphatic heterocycles. The lowest BCUT2D eigenvalue weighted by atomic mass is 9.81. The maximum atomic E-state index is 6.28. The summed E-state index contributed by atoms with van der Waals surface area (Å²) < 4.78 is 8.79. The summed E-state index contributed by atoms with van der Waals surface area (Å²) in [5.74, 6) is 0. The van der Waals surface area contributed by atoms with Gasteiger partial charge in [-0.15, -0.1) is 0 Å². The smallest absolute Gasteiger partial charge is 0.135 e. The van der Waals surface area contributed by atoms with Gasteiger partial charge in [-0.3, -0.25) is 0 Å². The first kappa shape index (κ1) is 33.4. The van der Waals surface area contributed by atoms with E-state index >= 15 is 0 Å². The molecule has 0 fully saturated rings. The van der Waals surface area contributed by atoms with E-state index in [4.69, 9.17) is 4.42 Å². The summed E-state index contributed by atoms with van der Waals surface area (Å²) in [6.45, 7) is 4.78. The molecule has 3 nitrogen and oxygen atoms in total.